The van der Waals surface area contributed by atoms with Crippen molar-refractivity contribution in [3.8, 4) is 0 Å². The molecule has 0 aromatic carbocycles. The Labute approximate surface area is 135 Å². The summed E-state index contributed by atoms with van der Waals surface area (Å²) in [5, 5.41) is 0. The van der Waals surface area contributed by atoms with Crippen LogP contribution in [0.5, 0.6) is 0 Å². The first-order chi connectivity index (χ1) is 10.7. The van der Waals surface area contributed by atoms with E-state index in [0.29, 0.717) is 12.2 Å². The standard InChI is InChI=1S/C19H32N2O/c1-14-11-21(12-15(2)22-14)19-5-7-20(8-6-19)13-18-10-16-3-4-17(18)9-16/h3-4,14-19H,5-13H2,1-2H3/t14-,15-,16-,17-,18-/m0/s1. The molecule has 1 saturated carbocycles. The first-order valence-corrected chi connectivity index (χ1v) is 9.47. The van der Waals surface area contributed by atoms with Gasteiger partial charge >= 0.3 is 0 Å². The van der Waals surface area contributed by atoms with Crippen LogP contribution in [0.25, 0.3) is 0 Å². The maximum absolute atomic E-state index is 5.89. The van der Waals surface area contributed by atoms with E-state index in [2.05, 4.69) is 35.8 Å². The first kappa shape index (κ1) is 15.2. The lowest BCUT2D eigenvalue weighted by molar-refractivity contribution is -0.0867. The Morgan fingerprint density at radius 3 is 2.32 bits per heavy atom. The number of piperidine rings is 1. The molecule has 5 atom stereocenters. The molecular weight excluding hydrogens is 272 g/mol. The van der Waals surface area contributed by atoms with Crippen LogP contribution in [0.3, 0.4) is 0 Å². The van der Waals surface area contributed by atoms with E-state index in [1.54, 1.807) is 0 Å². The maximum atomic E-state index is 5.89. The fourth-order valence-corrected chi connectivity index (χ4v) is 5.42. The van der Waals surface area contributed by atoms with E-state index in [0.717, 1.165) is 36.9 Å². The third-order valence-corrected chi connectivity index (χ3v) is 6.43. The lowest BCUT2D eigenvalue weighted by atomic mass is 9.92. The van der Waals surface area contributed by atoms with Gasteiger partial charge in [0.25, 0.3) is 0 Å². The Morgan fingerprint density at radius 2 is 1.73 bits per heavy atom. The van der Waals surface area contributed by atoms with Crippen LogP contribution in [0.4, 0.5) is 0 Å². The van der Waals surface area contributed by atoms with E-state index in [1.807, 2.05) is 0 Å². The predicted molar refractivity (Wildman–Crippen MR) is 89.9 cm³/mol. The van der Waals surface area contributed by atoms with Crippen LogP contribution in [0.15, 0.2) is 12.2 Å². The van der Waals surface area contributed by atoms with E-state index < -0.39 is 0 Å². The predicted octanol–water partition coefficient (Wildman–Crippen LogP) is 2.77. The average molecular weight is 304 g/mol. The molecule has 0 aromatic rings. The second-order valence-corrected chi connectivity index (χ2v) is 8.28. The number of fused-ring (bicyclic) bond motifs is 2. The van der Waals surface area contributed by atoms with Crippen LogP contribution in [0.2, 0.25) is 0 Å². The van der Waals surface area contributed by atoms with Gasteiger partial charge in [0.15, 0.2) is 0 Å². The van der Waals surface area contributed by atoms with Gasteiger partial charge in [-0.3, -0.25) is 4.90 Å². The Bertz CT molecular complexity index is 406. The summed E-state index contributed by atoms with van der Waals surface area (Å²) >= 11 is 0. The molecule has 2 bridgehead atoms. The molecule has 124 valence electrons. The SMILES string of the molecule is C[C@H]1CN(C2CCN(C[C@@H]3C[C@H]4C=C[C@H]3C4)CC2)C[C@H](C)O1. The quantitative estimate of drug-likeness (QED) is 0.746. The highest BCUT2D eigenvalue weighted by Crippen LogP contribution is 2.43. The fourth-order valence-electron chi connectivity index (χ4n) is 5.42. The summed E-state index contributed by atoms with van der Waals surface area (Å²) in [5.74, 6) is 2.78. The summed E-state index contributed by atoms with van der Waals surface area (Å²) in [6, 6.07) is 0.796. The van der Waals surface area contributed by atoms with Crippen LogP contribution in [-0.4, -0.2) is 60.8 Å². The summed E-state index contributed by atoms with van der Waals surface area (Å²) in [6.07, 6.45) is 11.4. The van der Waals surface area contributed by atoms with Gasteiger partial charge in [0, 0.05) is 25.7 Å². The van der Waals surface area contributed by atoms with Crippen molar-refractivity contribution in [3.05, 3.63) is 12.2 Å². The zero-order valence-electron chi connectivity index (χ0n) is 14.3. The molecule has 3 heteroatoms. The summed E-state index contributed by atoms with van der Waals surface area (Å²) in [7, 11) is 0. The molecule has 4 rings (SSSR count). The number of hydrogen-bond acceptors (Lipinski definition) is 3. The van der Waals surface area contributed by atoms with Gasteiger partial charge in [0.2, 0.25) is 0 Å². The van der Waals surface area contributed by atoms with Crippen molar-refractivity contribution in [3.63, 3.8) is 0 Å². The van der Waals surface area contributed by atoms with Crippen LogP contribution >= 0.6 is 0 Å². The van der Waals surface area contributed by atoms with Gasteiger partial charge in [0.05, 0.1) is 12.2 Å². The molecule has 2 aliphatic carbocycles. The zero-order chi connectivity index (χ0) is 15.1. The van der Waals surface area contributed by atoms with Crippen molar-refractivity contribution in [1.82, 2.24) is 9.80 Å². The van der Waals surface area contributed by atoms with Crippen LogP contribution < -0.4 is 0 Å². The van der Waals surface area contributed by atoms with Gasteiger partial charge in [-0.2, -0.15) is 0 Å². The number of hydrogen-bond donors (Lipinski definition) is 0. The smallest absolute Gasteiger partial charge is 0.0678 e. The minimum atomic E-state index is 0.405. The normalized spacial score (nSPS) is 44.0. The van der Waals surface area contributed by atoms with Crippen molar-refractivity contribution >= 4 is 0 Å². The molecule has 0 radical (unpaired) electrons. The number of nitrogens with zero attached hydrogens (tertiary/aromatic N) is 2. The van der Waals surface area contributed by atoms with Crippen LogP contribution in [-0.2, 0) is 4.74 Å². The van der Waals surface area contributed by atoms with Crippen molar-refractivity contribution < 1.29 is 4.74 Å². The molecule has 0 N–H and O–H groups in total. The van der Waals surface area contributed by atoms with E-state index in [9.17, 15) is 0 Å². The van der Waals surface area contributed by atoms with E-state index in [4.69, 9.17) is 4.74 Å². The molecule has 0 unspecified atom stereocenters. The molecule has 22 heavy (non-hydrogen) atoms. The number of rotatable bonds is 3. The van der Waals surface area contributed by atoms with Crippen molar-refractivity contribution in [2.75, 3.05) is 32.7 Å². The average Bonchev–Trinajstić information content (AvgIpc) is 3.09. The third-order valence-electron chi connectivity index (χ3n) is 6.43. The van der Waals surface area contributed by atoms with Gasteiger partial charge in [-0.25, -0.2) is 0 Å². The number of ether oxygens (including phenoxy) is 1. The third kappa shape index (κ3) is 3.13. The minimum absolute atomic E-state index is 0.405. The van der Waals surface area contributed by atoms with Crippen LogP contribution in [0, 0.1) is 17.8 Å². The number of likely N-dealkylation sites (tertiary alicyclic amines) is 1. The molecular formula is C19H32N2O. The summed E-state index contributed by atoms with van der Waals surface area (Å²) < 4.78 is 5.89. The highest BCUT2D eigenvalue weighted by molar-refractivity contribution is 5.10. The van der Waals surface area contributed by atoms with Crippen molar-refractivity contribution in [2.45, 2.75) is 57.8 Å². The van der Waals surface area contributed by atoms with E-state index in [1.165, 1.54) is 45.3 Å². The molecule has 4 aliphatic rings. The Balaban J connectivity index is 1.25. The Morgan fingerprint density at radius 1 is 1.00 bits per heavy atom. The lowest BCUT2D eigenvalue weighted by Crippen LogP contribution is -2.53. The summed E-state index contributed by atoms with van der Waals surface area (Å²) in [4.78, 5) is 5.46. The monoisotopic (exact) mass is 304 g/mol. The van der Waals surface area contributed by atoms with E-state index in [-0.39, 0.29) is 0 Å². The Kier molecular flexibility index (Phi) is 4.31. The molecule has 2 heterocycles. The molecule has 0 aromatic heterocycles. The second kappa shape index (κ2) is 6.26. The minimum Gasteiger partial charge on any atom is -0.373 e. The van der Waals surface area contributed by atoms with Gasteiger partial charge < -0.3 is 9.64 Å². The van der Waals surface area contributed by atoms with Gasteiger partial charge in [0.1, 0.15) is 0 Å². The molecule has 0 amide bonds. The van der Waals surface area contributed by atoms with Crippen LogP contribution in [0.1, 0.15) is 39.5 Å². The molecule has 3 fully saturated rings. The van der Waals surface area contributed by atoms with E-state index >= 15 is 0 Å². The zero-order valence-corrected chi connectivity index (χ0v) is 14.3. The molecule has 3 nitrogen and oxygen atoms in total. The van der Waals surface area contributed by atoms with Crippen molar-refractivity contribution in [2.24, 2.45) is 17.8 Å². The highest BCUT2D eigenvalue weighted by atomic mass is 16.5. The summed E-state index contributed by atoms with van der Waals surface area (Å²) in [5.41, 5.74) is 0. The molecule has 2 saturated heterocycles. The number of allylic oxidation sites excluding steroid dienone is 2. The summed E-state index contributed by atoms with van der Waals surface area (Å²) in [6.45, 7) is 10.7. The fraction of sp³-hybridized carbons (Fsp3) is 0.895. The van der Waals surface area contributed by atoms with Gasteiger partial charge in [-0.1, -0.05) is 12.2 Å². The highest BCUT2D eigenvalue weighted by Gasteiger charge is 2.37. The second-order valence-electron chi connectivity index (χ2n) is 8.28. The lowest BCUT2D eigenvalue weighted by Gasteiger charge is -2.44. The Hall–Kier alpha value is -0.380. The number of morpholine rings is 1. The van der Waals surface area contributed by atoms with Gasteiger partial charge in [-0.05, 0) is 70.4 Å². The largest absolute Gasteiger partial charge is 0.373 e. The maximum Gasteiger partial charge on any atom is 0.0678 e. The molecule has 2 aliphatic heterocycles. The van der Waals surface area contributed by atoms with Crippen molar-refractivity contribution in [1.29, 1.82) is 0 Å². The molecule has 0 spiro atoms. The first-order valence-electron chi connectivity index (χ1n) is 9.47. The van der Waals surface area contributed by atoms with Gasteiger partial charge in [-0.15, -0.1) is 0 Å². The topological polar surface area (TPSA) is 15.7 Å².